The van der Waals surface area contributed by atoms with E-state index >= 15 is 0 Å². The molecular formula is C27H44O. The highest BCUT2D eigenvalue weighted by Crippen LogP contribution is 2.66. The van der Waals surface area contributed by atoms with Crippen molar-refractivity contribution in [3.8, 4) is 0 Å². The Kier molecular flexibility index (Phi) is 5.62. The normalized spacial score (nSPS) is 43.7. The molecule has 0 aromatic carbocycles. The fourth-order valence-electron chi connectivity index (χ4n) is 8.08. The first-order chi connectivity index (χ1) is 13.3. The first-order valence-electron chi connectivity index (χ1n) is 12.4. The van der Waals surface area contributed by atoms with Crippen LogP contribution in [0.15, 0.2) is 23.3 Å². The van der Waals surface area contributed by atoms with Crippen LogP contribution in [0.5, 0.6) is 0 Å². The van der Waals surface area contributed by atoms with E-state index in [1.165, 1.54) is 51.4 Å². The Bertz CT molecular complexity index is 643. The van der Waals surface area contributed by atoms with Gasteiger partial charge in [0.25, 0.3) is 0 Å². The van der Waals surface area contributed by atoms with Crippen molar-refractivity contribution in [3.05, 3.63) is 23.3 Å². The smallest absolute Gasteiger partial charge is 0.0636 e. The number of rotatable bonds is 5. The quantitative estimate of drug-likeness (QED) is 0.527. The maximum atomic E-state index is 11.0. The molecule has 0 radical (unpaired) electrons. The van der Waals surface area contributed by atoms with Crippen LogP contribution >= 0.6 is 0 Å². The van der Waals surface area contributed by atoms with Crippen LogP contribution in [0, 0.1) is 40.4 Å². The lowest BCUT2D eigenvalue weighted by Gasteiger charge is -2.56. The number of allylic oxidation sites excluding steroid dienone is 3. The summed E-state index contributed by atoms with van der Waals surface area (Å²) >= 11 is 0. The summed E-state index contributed by atoms with van der Waals surface area (Å²) in [5.41, 5.74) is 3.77. The van der Waals surface area contributed by atoms with Gasteiger partial charge >= 0.3 is 0 Å². The molecule has 1 N–H and O–H groups in total. The molecule has 3 fully saturated rings. The van der Waals surface area contributed by atoms with E-state index in [1.54, 1.807) is 11.1 Å². The number of aliphatic hydroxyl groups is 1. The molecule has 1 unspecified atom stereocenters. The highest BCUT2D eigenvalue weighted by Gasteiger charge is 2.58. The van der Waals surface area contributed by atoms with E-state index < -0.39 is 0 Å². The molecule has 1 heteroatoms. The highest BCUT2D eigenvalue weighted by atomic mass is 16.3. The van der Waals surface area contributed by atoms with Crippen molar-refractivity contribution < 1.29 is 5.11 Å². The van der Waals surface area contributed by atoms with Crippen molar-refractivity contribution >= 4 is 0 Å². The summed E-state index contributed by atoms with van der Waals surface area (Å²) in [6, 6.07) is 0. The van der Waals surface area contributed by atoms with Crippen molar-refractivity contribution in [2.75, 3.05) is 0 Å². The van der Waals surface area contributed by atoms with E-state index in [4.69, 9.17) is 0 Å². The van der Waals surface area contributed by atoms with Gasteiger partial charge in [-0.05, 0) is 80.0 Å². The Hall–Kier alpha value is -0.560. The monoisotopic (exact) mass is 384 g/mol. The van der Waals surface area contributed by atoms with E-state index in [0.29, 0.717) is 11.3 Å². The number of fused-ring (bicyclic) bond motifs is 5. The van der Waals surface area contributed by atoms with Gasteiger partial charge in [0.1, 0.15) is 0 Å². The highest BCUT2D eigenvalue weighted by molar-refractivity contribution is 5.39. The van der Waals surface area contributed by atoms with Crippen LogP contribution in [0.1, 0.15) is 98.8 Å². The zero-order chi connectivity index (χ0) is 20.1. The Morgan fingerprint density at radius 1 is 1.00 bits per heavy atom. The summed E-state index contributed by atoms with van der Waals surface area (Å²) in [5, 5.41) is 11.0. The lowest BCUT2D eigenvalue weighted by atomic mass is 9.49. The van der Waals surface area contributed by atoms with Gasteiger partial charge in [-0.2, -0.15) is 0 Å². The predicted octanol–water partition coefficient (Wildman–Crippen LogP) is 7.31. The average molecular weight is 385 g/mol. The first kappa shape index (κ1) is 20.7. The summed E-state index contributed by atoms with van der Waals surface area (Å²) in [6.45, 7) is 12.3. The molecule has 0 saturated heterocycles. The van der Waals surface area contributed by atoms with E-state index in [1.807, 2.05) is 0 Å². The Morgan fingerprint density at radius 2 is 1.79 bits per heavy atom. The summed E-state index contributed by atoms with van der Waals surface area (Å²) in [6.07, 6.45) is 17.8. The van der Waals surface area contributed by atoms with Gasteiger partial charge in [0.2, 0.25) is 0 Å². The molecule has 3 saturated carbocycles. The summed E-state index contributed by atoms with van der Waals surface area (Å²) < 4.78 is 0. The second-order valence-electron chi connectivity index (χ2n) is 11.7. The number of hydrogen-bond donors (Lipinski definition) is 1. The molecular weight excluding hydrogens is 340 g/mol. The molecule has 1 nitrogen and oxygen atoms in total. The lowest BCUT2D eigenvalue weighted by molar-refractivity contribution is -0.0246. The van der Waals surface area contributed by atoms with Gasteiger partial charge in [-0.25, -0.2) is 0 Å². The maximum Gasteiger partial charge on any atom is 0.0636 e. The molecule has 4 rings (SSSR count). The van der Waals surface area contributed by atoms with Crippen LogP contribution in [0.4, 0.5) is 0 Å². The number of hydrogen-bond acceptors (Lipinski definition) is 1. The Labute approximate surface area is 174 Å². The van der Waals surface area contributed by atoms with Gasteiger partial charge in [-0.15, -0.1) is 0 Å². The summed E-state index contributed by atoms with van der Waals surface area (Å²) in [4.78, 5) is 0. The molecule has 4 aliphatic carbocycles. The minimum Gasteiger partial charge on any atom is -0.392 e. The third-order valence-corrected chi connectivity index (χ3v) is 9.82. The zero-order valence-electron chi connectivity index (χ0n) is 19.1. The van der Waals surface area contributed by atoms with E-state index in [9.17, 15) is 5.11 Å². The van der Waals surface area contributed by atoms with Crippen molar-refractivity contribution in [2.45, 2.75) is 105 Å². The molecule has 0 heterocycles. The maximum absolute atomic E-state index is 11.0. The molecule has 4 aliphatic rings. The van der Waals surface area contributed by atoms with E-state index in [0.717, 1.165) is 36.5 Å². The molecule has 0 aliphatic heterocycles. The van der Waals surface area contributed by atoms with Crippen LogP contribution in [-0.2, 0) is 0 Å². The van der Waals surface area contributed by atoms with E-state index in [-0.39, 0.29) is 11.5 Å². The molecule has 7 atom stereocenters. The average Bonchev–Trinajstić information content (AvgIpc) is 3.00. The first-order valence-corrected chi connectivity index (χ1v) is 12.4. The van der Waals surface area contributed by atoms with Crippen molar-refractivity contribution in [2.24, 2.45) is 40.4 Å². The molecule has 158 valence electrons. The topological polar surface area (TPSA) is 20.2 Å². The Balaban J connectivity index is 1.55. The van der Waals surface area contributed by atoms with Crippen LogP contribution in [0.2, 0.25) is 0 Å². The van der Waals surface area contributed by atoms with Gasteiger partial charge in [0.05, 0.1) is 6.10 Å². The standard InChI is InChI=1S/C27H44O/c1-18(2)8-6-9-19(3)22-14-15-23-21-13-12-20-10-7-11-25(28)27(20,5)24(21)16-17-26(22,23)4/h12-13,18-19,22-25,28H,6-11,14-17H2,1-5H3/t19-,22-,23+,24+,25?,26-,27+/m1/s1. The SMILES string of the molecule is CC(C)CCC[C@@H](C)[C@H]1CC[C@H]2C3=CC=C4CCCC(O)[C@]4(C)[C@H]3CC[C@]12C. The van der Waals surface area contributed by atoms with Crippen molar-refractivity contribution in [1.29, 1.82) is 0 Å². The zero-order valence-corrected chi connectivity index (χ0v) is 19.1. The fraction of sp³-hybridized carbons (Fsp3) is 0.852. The minimum absolute atomic E-state index is 0.0185. The van der Waals surface area contributed by atoms with Gasteiger partial charge < -0.3 is 5.11 Å². The third kappa shape index (κ3) is 3.15. The summed E-state index contributed by atoms with van der Waals surface area (Å²) in [7, 11) is 0. The predicted molar refractivity (Wildman–Crippen MR) is 119 cm³/mol. The van der Waals surface area contributed by atoms with Gasteiger partial charge in [0, 0.05) is 5.41 Å². The van der Waals surface area contributed by atoms with Crippen LogP contribution in [-0.4, -0.2) is 11.2 Å². The van der Waals surface area contributed by atoms with Crippen molar-refractivity contribution in [3.63, 3.8) is 0 Å². The minimum atomic E-state index is -0.141. The van der Waals surface area contributed by atoms with Gasteiger partial charge in [-0.3, -0.25) is 0 Å². The van der Waals surface area contributed by atoms with Crippen molar-refractivity contribution in [1.82, 2.24) is 0 Å². The molecule has 0 bridgehead atoms. The second kappa shape index (κ2) is 7.60. The van der Waals surface area contributed by atoms with Crippen LogP contribution in [0.3, 0.4) is 0 Å². The third-order valence-electron chi connectivity index (χ3n) is 9.82. The van der Waals surface area contributed by atoms with Crippen LogP contribution < -0.4 is 0 Å². The fourth-order valence-corrected chi connectivity index (χ4v) is 8.08. The second-order valence-corrected chi connectivity index (χ2v) is 11.7. The van der Waals surface area contributed by atoms with Gasteiger partial charge in [0.15, 0.2) is 0 Å². The van der Waals surface area contributed by atoms with Crippen LogP contribution in [0.25, 0.3) is 0 Å². The molecule has 0 spiro atoms. The van der Waals surface area contributed by atoms with E-state index in [2.05, 4.69) is 46.8 Å². The molecule has 0 aromatic heterocycles. The lowest BCUT2D eigenvalue weighted by Crippen LogP contribution is -2.50. The number of aliphatic hydroxyl groups excluding tert-OH is 1. The molecule has 0 aromatic rings. The molecule has 0 amide bonds. The molecule has 28 heavy (non-hydrogen) atoms. The summed E-state index contributed by atoms with van der Waals surface area (Å²) in [5.74, 6) is 3.94. The van der Waals surface area contributed by atoms with Gasteiger partial charge in [-0.1, -0.05) is 77.2 Å². The largest absolute Gasteiger partial charge is 0.392 e. The Morgan fingerprint density at radius 3 is 2.54 bits per heavy atom.